The molecule has 0 saturated heterocycles. The van der Waals surface area contributed by atoms with E-state index in [1.165, 1.54) is 0 Å². The minimum absolute atomic E-state index is 0.558. The van der Waals surface area contributed by atoms with Crippen molar-refractivity contribution in [3.8, 4) is 5.75 Å². The SMILES string of the molecule is CC.CC.CC.Cc1nc2nc(C)c(C)c(C(C)(C)Oc3ccccc3)n2n1. The minimum atomic E-state index is -0.558. The number of hydrogen-bond donors (Lipinski definition) is 0. The quantitative estimate of drug-likeness (QED) is 0.519. The summed E-state index contributed by atoms with van der Waals surface area (Å²) < 4.78 is 8.02. The highest BCUT2D eigenvalue weighted by atomic mass is 16.5. The third-order valence-corrected chi connectivity index (χ3v) is 3.76. The molecule has 0 radical (unpaired) electrons. The molecule has 3 aromatic rings. The van der Waals surface area contributed by atoms with Crippen LogP contribution in [-0.4, -0.2) is 19.6 Å². The van der Waals surface area contributed by atoms with Gasteiger partial charge in [0.15, 0.2) is 0 Å². The standard InChI is InChI=1S/C17H20N4O.3C2H6/c1-11-12(2)18-16-19-13(3)20-21(16)15(11)17(4,5)22-14-9-7-6-8-10-14;3*1-2/h6-10H,1-5H3;3*1-2H3. The van der Waals surface area contributed by atoms with Crippen molar-refractivity contribution in [1.82, 2.24) is 19.6 Å². The Bertz CT molecular complexity index is 823. The van der Waals surface area contributed by atoms with E-state index in [4.69, 9.17) is 4.74 Å². The molecular formula is C23H38N4O. The van der Waals surface area contributed by atoms with Gasteiger partial charge in [-0.3, -0.25) is 0 Å². The molecule has 0 saturated carbocycles. The van der Waals surface area contributed by atoms with Gasteiger partial charge in [-0.05, 0) is 52.3 Å². The number of rotatable bonds is 3. The fourth-order valence-electron chi connectivity index (χ4n) is 2.73. The maximum atomic E-state index is 6.22. The summed E-state index contributed by atoms with van der Waals surface area (Å²) >= 11 is 0. The van der Waals surface area contributed by atoms with Crippen LogP contribution in [0.3, 0.4) is 0 Å². The third kappa shape index (κ3) is 6.04. The summed E-state index contributed by atoms with van der Waals surface area (Å²) in [7, 11) is 0. The number of benzene rings is 1. The van der Waals surface area contributed by atoms with E-state index in [-0.39, 0.29) is 0 Å². The van der Waals surface area contributed by atoms with Gasteiger partial charge >= 0.3 is 0 Å². The Morgan fingerprint density at radius 3 is 1.89 bits per heavy atom. The van der Waals surface area contributed by atoms with E-state index >= 15 is 0 Å². The van der Waals surface area contributed by atoms with E-state index in [2.05, 4.69) is 15.1 Å². The van der Waals surface area contributed by atoms with Gasteiger partial charge in [0.25, 0.3) is 5.78 Å². The van der Waals surface area contributed by atoms with Crippen LogP contribution in [-0.2, 0) is 5.60 Å². The van der Waals surface area contributed by atoms with Gasteiger partial charge in [-0.1, -0.05) is 59.7 Å². The van der Waals surface area contributed by atoms with Crippen molar-refractivity contribution in [2.75, 3.05) is 0 Å². The molecule has 0 unspecified atom stereocenters. The first-order valence-electron chi connectivity index (χ1n) is 10.3. The highest BCUT2D eigenvalue weighted by Gasteiger charge is 2.30. The van der Waals surface area contributed by atoms with Crippen LogP contribution in [0.5, 0.6) is 5.75 Å². The average molecular weight is 387 g/mol. The summed E-state index contributed by atoms with van der Waals surface area (Å²) in [5, 5.41) is 4.49. The molecule has 0 aliphatic heterocycles. The van der Waals surface area contributed by atoms with Crippen molar-refractivity contribution in [2.24, 2.45) is 0 Å². The maximum absolute atomic E-state index is 6.22. The zero-order valence-corrected chi connectivity index (χ0v) is 19.6. The molecule has 0 bridgehead atoms. The first-order valence-corrected chi connectivity index (χ1v) is 10.3. The van der Waals surface area contributed by atoms with Gasteiger partial charge in [0.1, 0.15) is 17.2 Å². The molecule has 5 heteroatoms. The number of nitrogens with zero attached hydrogens (tertiary/aromatic N) is 4. The highest BCUT2D eigenvalue weighted by molar-refractivity contribution is 5.39. The van der Waals surface area contributed by atoms with Gasteiger partial charge in [-0.15, -0.1) is 5.10 Å². The summed E-state index contributed by atoms with van der Waals surface area (Å²) in [6.07, 6.45) is 0. The zero-order valence-electron chi connectivity index (χ0n) is 19.6. The van der Waals surface area contributed by atoms with Gasteiger partial charge in [-0.25, -0.2) is 4.98 Å². The number of hydrogen-bond acceptors (Lipinski definition) is 4. The molecule has 5 nitrogen and oxygen atoms in total. The molecule has 28 heavy (non-hydrogen) atoms. The van der Waals surface area contributed by atoms with E-state index in [1.807, 2.05) is 106 Å². The van der Waals surface area contributed by atoms with E-state index in [0.29, 0.717) is 11.6 Å². The van der Waals surface area contributed by atoms with E-state index in [1.54, 1.807) is 4.52 Å². The highest BCUT2D eigenvalue weighted by Crippen LogP contribution is 2.30. The van der Waals surface area contributed by atoms with Crippen molar-refractivity contribution in [1.29, 1.82) is 0 Å². The maximum Gasteiger partial charge on any atom is 0.253 e. The summed E-state index contributed by atoms with van der Waals surface area (Å²) in [5.41, 5.74) is 2.43. The smallest absolute Gasteiger partial charge is 0.253 e. The lowest BCUT2D eigenvalue weighted by atomic mass is 9.98. The average Bonchev–Trinajstić information content (AvgIpc) is 3.06. The molecule has 156 valence electrons. The molecule has 0 aliphatic rings. The normalized spacial score (nSPS) is 9.96. The number of fused-ring (bicyclic) bond motifs is 1. The topological polar surface area (TPSA) is 52.3 Å². The Balaban J connectivity index is 0.00000111. The predicted octanol–water partition coefficient (Wildman–Crippen LogP) is 6.44. The molecule has 0 atom stereocenters. The van der Waals surface area contributed by atoms with Gasteiger partial charge in [-0.2, -0.15) is 9.50 Å². The van der Waals surface area contributed by atoms with Crippen molar-refractivity contribution < 1.29 is 4.74 Å². The van der Waals surface area contributed by atoms with Crippen molar-refractivity contribution in [3.05, 3.63) is 53.1 Å². The molecular weight excluding hydrogens is 348 g/mol. The second-order valence-corrected chi connectivity index (χ2v) is 5.97. The van der Waals surface area contributed by atoms with Gasteiger partial charge in [0.05, 0.1) is 5.69 Å². The number of aryl methyl sites for hydroxylation is 2. The molecule has 0 spiro atoms. The van der Waals surface area contributed by atoms with Crippen LogP contribution in [0.1, 0.15) is 78.2 Å². The lowest BCUT2D eigenvalue weighted by Crippen LogP contribution is -2.30. The molecule has 0 N–H and O–H groups in total. The van der Waals surface area contributed by atoms with Crippen LogP contribution in [0, 0.1) is 20.8 Å². The summed E-state index contributed by atoms with van der Waals surface area (Å²) in [4.78, 5) is 8.89. The largest absolute Gasteiger partial charge is 0.482 e. The Morgan fingerprint density at radius 1 is 0.821 bits per heavy atom. The number of aromatic nitrogens is 4. The summed E-state index contributed by atoms with van der Waals surface area (Å²) in [6, 6.07) is 9.81. The third-order valence-electron chi connectivity index (χ3n) is 3.76. The van der Waals surface area contributed by atoms with Crippen LogP contribution in [0.25, 0.3) is 5.78 Å². The first kappa shape index (κ1) is 25.6. The molecule has 0 amide bonds. The van der Waals surface area contributed by atoms with Gasteiger partial charge < -0.3 is 4.74 Å². The second kappa shape index (κ2) is 12.1. The van der Waals surface area contributed by atoms with E-state index in [9.17, 15) is 0 Å². The molecule has 3 rings (SSSR count). The van der Waals surface area contributed by atoms with Crippen LogP contribution >= 0.6 is 0 Å². The zero-order chi connectivity index (χ0) is 21.9. The van der Waals surface area contributed by atoms with Crippen molar-refractivity contribution in [2.45, 2.75) is 81.8 Å². The Hall–Kier alpha value is -2.43. The van der Waals surface area contributed by atoms with Crippen molar-refractivity contribution >= 4 is 5.78 Å². The molecule has 0 aliphatic carbocycles. The minimum Gasteiger partial charge on any atom is -0.482 e. The molecule has 2 aromatic heterocycles. The van der Waals surface area contributed by atoms with Gasteiger partial charge in [0, 0.05) is 5.69 Å². The van der Waals surface area contributed by atoms with Gasteiger partial charge in [0.2, 0.25) is 0 Å². The Labute approximate surface area is 171 Å². The molecule has 1 aromatic carbocycles. The van der Waals surface area contributed by atoms with Crippen LogP contribution in [0.4, 0.5) is 0 Å². The summed E-state index contributed by atoms with van der Waals surface area (Å²) in [6.45, 7) is 22.0. The van der Waals surface area contributed by atoms with Crippen LogP contribution in [0.2, 0.25) is 0 Å². The summed E-state index contributed by atoms with van der Waals surface area (Å²) in [5.74, 6) is 2.14. The lowest BCUT2D eigenvalue weighted by Gasteiger charge is -2.29. The fourth-order valence-corrected chi connectivity index (χ4v) is 2.73. The lowest BCUT2D eigenvalue weighted by molar-refractivity contribution is 0.100. The van der Waals surface area contributed by atoms with Crippen LogP contribution < -0.4 is 4.74 Å². The number of para-hydroxylation sites is 1. The monoisotopic (exact) mass is 386 g/mol. The fraction of sp³-hybridized carbons (Fsp3) is 0.522. The first-order chi connectivity index (χ1) is 13.4. The predicted molar refractivity (Wildman–Crippen MR) is 119 cm³/mol. The van der Waals surface area contributed by atoms with E-state index in [0.717, 1.165) is 22.7 Å². The Kier molecular flexibility index (Phi) is 11.1. The van der Waals surface area contributed by atoms with Crippen LogP contribution in [0.15, 0.2) is 30.3 Å². The number of ether oxygens (including phenoxy) is 1. The molecule has 2 heterocycles. The van der Waals surface area contributed by atoms with Crippen molar-refractivity contribution in [3.63, 3.8) is 0 Å². The molecule has 0 fully saturated rings. The second-order valence-electron chi connectivity index (χ2n) is 5.97. The van der Waals surface area contributed by atoms with E-state index < -0.39 is 5.60 Å². The Morgan fingerprint density at radius 2 is 1.36 bits per heavy atom.